The van der Waals surface area contributed by atoms with Crippen LogP contribution in [-0.2, 0) is 0 Å². The number of para-hydroxylation sites is 1. The molecule has 0 N–H and O–H groups in total. The number of rotatable bonds is 2. The van der Waals surface area contributed by atoms with Crippen LogP contribution in [0.2, 0.25) is 0 Å². The van der Waals surface area contributed by atoms with Crippen molar-refractivity contribution in [2.75, 3.05) is 0 Å². The van der Waals surface area contributed by atoms with Crippen molar-refractivity contribution >= 4 is 96.5 Å². The Hall–Kier alpha value is -6.10. The molecule has 0 aliphatic carbocycles. The summed E-state index contributed by atoms with van der Waals surface area (Å²) in [7, 11) is 0. The smallest absolute Gasteiger partial charge is 0.235 e. The maximum Gasteiger partial charge on any atom is 0.235 e. The van der Waals surface area contributed by atoms with Gasteiger partial charge in [-0.15, -0.1) is 11.3 Å². The van der Waals surface area contributed by atoms with Crippen molar-refractivity contribution in [2.24, 2.45) is 0 Å². The Morgan fingerprint density at radius 2 is 1.04 bits per heavy atom. The summed E-state index contributed by atoms with van der Waals surface area (Å²) in [6, 6.07) is 54.6. The fourth-order valence-electron chi connectivity index (χ4n) is 7.79. The van der Waals surface area contributed by atoms with Gasteiger partial charge < -0.3 is 0 Å². The fraction of sp³-hybridized carbons (Fsp3) is 0. The van der Waals surface area contributed by atoms with E-state index in [0.717, 1.165) is 33.2 Å². The quantitative estimate of drug-likeness (QED) is 0.141. The van der Waals surface area contributed by atoms with Crippen LogP contribution in [0.1, 0.15) is 0 Å². The normalized spacial score (nSPS) is 12.2. The molecule has 8 aromatic carbocycles. The second-order valence-electron chi connectivity index (χ2n) is 12.6. The fourth-order valence-corrected chi connectivity index (χ4v) is 9.02. The topological polar surface area (TPSA) is 30.7 Å². The lowest BCUT2D eigenvalue weighted by Gasteiger charge is -2.14. The molecule has 0 radical (unpaired) electrons. The van der Waals surface area contributed by atoms with E-state index in [9.17, 15) is 0 Å². The zero-order chi connectivity index (χ0) is 31.3. The van der Waals surface area contributed by atoms with E-state index in [-0.39, 0.29) is 0 Å². The molecule has 0 bridgehead atoms. The Kier molecular flexibility index (Phi) is 5.26. The summed E-state index contributed by atoms with van der Waals surface area (Å²) in [6.07, 6.45) is 0. The number of benzene rings is 8. The number of aromatic nitrogens is 3. The number of nitrogens with zero attached hydrogens (tertiary/aromatic N) is 3. The molecule has 222 valence electrons. The van der Waals surface area contributed by atoms with Crippen LogP contribution in [0.25, 0.3) is 102 Å². The van der Waals surface area contributed by atoms with Crippen LogP contribution in [0.15, 0.2) is 152 Å². The first-order valence-corrected chi connectivity index (χ1v) is 17.1. The summed E-state index contributed by atoms with van der Waals surface area (Å²) >= 11 is 1.88. The van der Waals surface area contributed by atoms with Crippen LogP contribution in [0.5, 0.6) is 0 Å². The average molecular weight is 628 g/mol. The first-order valence-electron chi connectivity index (χ1n) is 16.3. The van der Waals surface area contributed by atoms with Gasteiger partial charge in [0.2, 0.25) is 5.95 Å². The van der Waals surface area contributed by atoms with Crippen molar-refractivity contribution in [3.63, 3.8) is 0 Å². The molecule has 0 saturated heterocycles. The van der Waals surface area contributed by atoms with Crippen LogP contribution < -0.4 is 0 Å². The third-order valence-electron chi connectivity index (χ3n) is 9.97. The van der Waals surface area contributed by atoms with E-state index in [4.69, 9.17) is 9.97 Å². The van der Waals surface area contributed by atoms with Gasteiger partial charge in [0.1, 0.15) is 0 Å². The predicted octanol–water partition coefficient (Wildman–Crippen LogP) is 12.2. The third-order valence-corrected chi connectivity index (χ3v) is 11.2. The molecule has 11 rings (SSSR count). The monoisotopic (exact) mass is 627 g/mol. The van der Waals surface area contributed by atoms with E-state index in [1.54, 1.807) is 0 Å². The van der Waals surface area contributed by atoms with Crippen LogP contribution in [0, 0.1) is 0 Å². The Labute approximate surface area is 278 Å². The molecule has 11 aromatic rings. The second-order valence-corrected chi connectivity index (χ2v) is 13.6. The predicted molar refractivity (Wildman–Crippen MR) is 205 cm³/mol. The van der Waals surface area contributed by atoms with E-state index in [0.29, 0.717) is 5.95 Å². The second kappa shape index (κ2) is 9.71. The third kappa shape index (κ3) is 3.58. The van der Waals surface area contributed by atoms with Gasteiger partial charge in [0.15, 0.2) is 0 Å². The molecule has 0 atom stereocenters. The van der Waals surface area contributed by atoms with E-state index in [1.807, 2.05) is 11.3 Å². The molecule has 0 unspecified atom stereocenters. The van der Waals surface area contributed by atoms with Crippen molar-refractivity contribution in [3.8, 4) is 17.2 Å². The first-order chi connectivity index (χ1) is 23.8. The lowest BCUT2D eigenvalue weighted by molar-refractivity contribution is 1.02. The van der Waals surface area contributed by atoms with E-state index < -0.39 is 0 Å². The van der Waals surface area contributed by atoms with Crippen LogP contribution >= 0.6 is 11.3 Å². The van der Waals surface area contributed by atoms with Gasteiger partial charge in [-0.2, -0.15) is 0 Å². The minimum atomic E-state index is 0.676. The molecule has 3 aromatic heterocycles. The maximum atomic E-state index is 5.41. The first kappa shape index (κ1) is 26.0. The molecule has 0 amide bonds. The molecule has 3 nitrogen and oxygen atoms in total. The van der Waals surface area contributed by atoms with Gasteiger partial charge in [0.25, 0.3) is 0 Å². The van der Waals surface area contributed by atoms with Crippen molar-refractivity contribution < 1.29 is 0 Å². The molecule has 0 fully saturated rings. The molecule has 48 heavy (non-hydrogen) atoms. The highest BCUT2D eigenvalue weighted by Gasteiger charge is 2.20. The molecule has 3 heterocycles. The number of hydrogen-bond acceptors (Lipinski definition) is 3. The van der Waals surface area contributed by atoms with Crippen molar-refractivity contribution in [3.05, 3.63) is 152 Å². The van der Waals surface area contributed by atoms with Gasteiger partial charge in [-0.1, -0.05) is 127 Å². The Morgan fingerprint density at radius 3 is 1.88 bits per heavy atom. The largest absolute Gasteiger partial charge is 0.277 e. The highest BCUT2D eigenvalue weighted by atomic mass is 32.1. The van der Waals surface area contributed by atoms with Gasteiger partial charge in [0, 0.05) is 52.7 Å². The number of hydrogen-bond donors (Lipinski definition) is 0. The summed E-state index contributed by atoms with van der Waals surface area (Å²) in [6.45, 7) is 0. The van der Waals surface area contributed by atoms with E-state index in [2.05, 4.69) is 156 Å². The molecule has 0 spiro atoms. The van der Waals surface area contributed by atoms with Crippen molar-refractivity contribution in [1.29, 1.82) is 0 Å². The molecular weight excluding hydrogens is 603 g/mol. The molecular formula is C44H25N3S. The zero-order valence-electron chi connectivity index (χ0n) is 25.7. The highest BCUT2D eigenvalue weighted by Crippen LogP contribution is 2.43. The number of fused-ring (bicyclic) bond motifs is 13. The summed E-state index contributed by atoms with van der Waals surface area (Å²) < 4.78 is 4.96. The minimum absolute atomic E-state index is 0.676. The molecule has 4 heteroatoms. The minimum Gasteiger partial charge on any atom is -0.277 e. The van der Waals surface area contributed by atoms with Gasteiger partial charge in [-0.05, 0) is 45.8 Å². The lowest BCUT2D eigenvalue weighted by Crippen LogP contribution is -2.04. The van der Waals surface area contributed by atoms with Crippen LogP contribution in [0.4, 0.5) is 0 Å². The molecule has 0 aliphatic heterocycles. The van der Waals surface area contributed by atoms with Crippen LogP contribution in [0.3, 0.4) is 0 Å². The Morgan fingerprint density at radius 1 is 0.438 bits per heavy atom. The van der Waals surface area contributed by atoms with Gasteiger partial charge >= 0.3 is 0 Å². The van der Waals surface area contributed by atoms with Crippen LogP contribution in [-0.4, -0.2) is 14.5 Å². The summed E-state index contributed by atoms with van der Waals surface area (Å²) in [4.78, 5) is 10.8. The summed E-state index contributed by atoms with van der Waals surface area (Å²) in [5, 5.41) is 13.4. The highest BCUT2D eigenvalue weighted by molar-refractivity contribution is 7.26. The van der Waals surface area contributed by atoms with Gasteiger partial charge in [-0.25, -0.2) is 9.97 Å². The van der Waals surface area contributed by atoms with Crippen molar-refractivity contribution in [1.82, 2.24) is 14.5 Å². The number of thiophene rings is 1. The van der Waals surface area contributed by atoms with E-state index >= 15 is 0 Å². The Balaban J connectivity index is 1.27. The average Bonchev–Trinajstić information content (AvgIpc) is 3.70. The lowest BCUT2D eigenvalue weighted by atomic mass is 9.98. The molecule has 0 aliphatic rings. The summed E-state index contributed by atoms with van der Waals surface area (Å²) in [5.41, 5.74) is 5.17. The Bertz CT molecular complexity index is 3120. The summed E-state index contributed by atoms with van der Waals surface area (Å²) in [5.74, 6) is 0.676. The van der Waals surface area contributed by atoms with E-state index in [1.165, 1.54) is 63.3 Å². The zero-order valence-corrected chi connectivity index (χ0v) is 26.5. The molecule has 0 saturated carbocycles. The van der Waals surface area contributed by atoms with Gasteiger partial charge in [-0.3, -0.25) is 4.57 Å². The van der Waals surface area contributed by atoms with Crippen molar-refractivity contribution in [2.45, 2.75) is 0 Å². The SMILES string of the molecule is c1ccc(-c2nc(-n3c4ccccc4c4ccc5c6ccc7c8ccccc8sc7c6ccc5c43)nc3cc4ccccc4cc23)cc1. The maximum absolute atomic E-state index is 5.41. The van der Waals surface area contributed by atoms with Gasteiger partial charge in [0.05, 0.1) is 22.2 Å². The standard InChI is InChI=1S/C44H25N3S/c1-2-10-26(11-3-1)41-37-24-27-12-4-5-13-28(27)25-38(37)45-44(46-41)47-39-16-8-6-14-31(39)34-20-18-29-30-19-22-36-32-15-7-9-17-40(32)48-43(36)35(30)23-21-33(29)42(34)47/h1-25H.